The van der Waals surface area contributed by atoms with Crippen LogP contribution in [0, 0.1) is 13.8 Å². The Morgan fingerprint density at radius 1 is 1.25 bits per heavy atom. The van der Waals surface area contributed by atoms with Crippen LogP contribution >= 0.6 is 0 Å². The molecule has 0 aliphatic rings. The molecule has 1 unspecified atom stereocenters. The lowest BCUT2D eigenvalue weighted by molar-refractivity contribution is 0.0937. The second-order valence-electron chi connectivity index (χ2n) is 5.84. The molecule has 128 valence electrons. The van der Waals surface area contributed by atoms with Gasteiger partial charge in [-0.2, -0.15) is 0 Å². The first-order valence-electron chi connectivity index (χ1n) is 8.08. The summed E-state index contributed by atoms with van der Waals surface area (Å²) in [6, 6.07) is 10.0. The highest BCUT2D eigenvalue weighted by molar-refractivity contribution is 5.94. The second kappa shape index (κ2) is 8.45. The number of benzene rings is 1. The summed E-state index contributed by atoms with van der Waals surface area (Å²) in [5.41, 5.74) is 4.35. The van der Waals surface area contributed by atoms with Gasteiger partial charge in [-0.15, -0.1) is 0 Å². The summed E-state index contributed by atoms with van der Waals surface area (Å²) in [5.74, 6) is 0.602. The Labute approximate surface area is 143 Å². The van der Waals surface area contributed by atoms with Gasteiger partial charge >= 0.3 is 0 Å². The number of rotatable bonds is 7. The SMILES string of the molecule is COCCNC(=O)c1ccc(NC(C)c2cccc(C)c2C)nc1. The summed E-state index contributed by atoms with van der Waals surface area (Å²) >= 11 is 0. The van der Waals surface area contributed by atoms with Gasteiger partial charge in [0, 0.05) is 19.9 Å². The number of hydrogen-bond donors (Lipinski definition) is 2. The number of methoxy groups -OCH3 is 1. The molecule has 2 N–H and O–H groups in total. The van der Waals surface area contributed by atoms with E-state index >= 15 is 0 Å². The van der Waals surface area contributed by atoms with E-state index in [1.807, 2.05) is 6.07 Å². The molecule has 1 heterocycles. The smallest absolute Gasteiger partial charge is 0.252 e. The Hall–Kier alpha value is -2.40. The number of pyridine rings is 1. The van der Waals surface area contributed by atoms with Crippen LogP contribution in [0.2, 0.25) is 0 Å². The molecule has 0 saturated heterocycles. The van der Waals surface area contributed by atoms with E-state index in [9.17, 15) is 4.79 Å². The molecule has 2 aromatic rings. The van der Waals surface area contributed by atoms with Gasteiger partial charge in [-0.05, 0) is 49.6 Å². The van der Waals surface area contributed by atoms with Crippen LogP contribution in [0.15, 0.2) is 36.5 Å². The second-order valence-corrected chi connectivity index (χ2v) is 5.84. The first-order chi connectivity index (χ1) is 11.5. The van der Waals surface area contributed by atoms with Crippen molar-refractivity contribution >= 4 is 11.7 Å². The molecule has 0 saturated carbocycles. The van der Waals surface area contributed by atoms with Crippen LogP contribution in [0.5, 0.6) is 0 Å². The zero-order valence-corrected chi connectivity index (χ0v) is 14.7. The first-order valence-corrected chi connectivity index (χ1v) is 8.08. The fraction of sp³-hybridized carbons (Fsp3) is 0.368. The van der Waals surface area contributed by atoms with Crippen molar-refractivity contribution < 1.29 is 9.53 Å². The highest BCUT2D eigenvalue weighted by Gasteiger charge is 2.11. The lowest BCUT2D eigenvalue weighted by Crippen LogP contribution is -2.27. The number of carbonyl (C=O) groups excluding carboxylic acids is 1. The van der Waals surface area contributed by atoms with Crippen LogP contribution in [-0.2, 0) is 4.74 Å². The van der Waals surface area contributed by atoms with Crippen LogP contribution in [0.25, 0.3) is 0 Å². The highest BCUT2D eigenvalue weighted by atomic mass is 16.5. The number of aryl methyl sites for hydroxylation is 1. The molecule has 0 bridgehead atoms. The van der Waals surface area contributed by atoms with Gasteiger partial charge < -0.3 is 15.4 Å². The van der Waals surface area contributed by atoms with Crippen LogP contribution in [0.4, 0.5) is 5.82 Å². The minimum atomic E-state index is -0.145. The lowest BCUT2D eigenvalue weighted by atomic mass is 9.98. The molecule has 0 aliphatic heterocycles. The topological polar surface area (TPSA) is 63.2 Å². The molecule has 2 rings (SSSR count). The number of carbonyl (C=O) groups is 1. The predicted octanol–water partition coefficient (Wildman–Crippen LogP) is 3.25. The van der Waals surface area contributed by atoms with Gasteiger partial charge in [0.2, 0.25) is 0 Å². The molecule has 1 atom stereocenters. The normalized spacial score (nSPS) is 11.8. The maximum atomic E-state index is 11.9. The van der Waals surface area contributed by atoms with Crippen LogP contribution in [0.3, 0.4) is 0 Å². The highest BCUT2D eigenvalue weighted by Crippen LogP contribution is 2.23. The molecule has 0 radical (unpaired) electrons. The Morgan fingerprint density at radius 2 is 2.04 bits per heavy atom. The van der Waals surface area contributed by atoms with E-state index in [0.717, 1.165) is 5.82 Å². The van der Waals surface area contributed by atoms with E-state index in [0.29, 0.717) is 18.7 Å². The van der Waals surface area contributed by atoms with Crippen molar-refractivity contribution in [1.82, 2.24) is 10.3 Å². The minimum Gasteiger partial charge on any atom is -0.383 e. The van der Waals surface area contributed by atoms with E-state index in [2.05, 4.69) is 54.6 Å². The maximum absolute atomic E-state index is 11.9. The molecule has 5 heteroatoms. The van der Waals surface area contributed by atoms with E-state index in [1.54, 1.807) is 19.4 Å². The molecular weight excluding hydrogens is 302 g/mol. The number of nitrogens with zero attached hydrogens (tertiary/aromatic N) is 1. The van der Waals surface area contributed by atoms with Crippen molar-refractivity contribution in [2.24, 2.45) is 0 Å². The Kier molecular flexibility index (Phi) is 6.32. The van der Waals surface area contributed by atoms with Gasteiger partial charge in [0.15, 0.2) is 0 Å². The van der Waals surface area contributed by atoms with Gasteiger partial charge in [0.05, 0.1) is 18.2 Å². The summed E-state index contributed by atoms with van der Waals surface area (Å²) < 4.78 is 4.91. The zero-order chi connectivity index (χ0) is 17.5. The van der Waals surface area contributed by atoms with Crippen molar-refractivity contribution in [3.63, 3.8) is 0 Å². The van der Waals surface area contributed by atoms with Gasteiger partial charge in [0.25, 0.3) is 5.91 Å². The Balaban J connectivity index is 2.01. The lowest BCUT2D eigenvalue weighted by Gasteiger charge is -2.18. The number of ether oxygens (including phenoxy) is 1. The molecule has 1 amide bonds. The van der Waals surface area contributed by atoms with Crippen molar-refractivity contribution in [3.05, 3.63) is 58.8 Å². The summed E-state index contributed by atoms with van der Waals surface area (Å²) in [6.45, 7) is 7.32. The van der Waals surface area contributed by atoms with E-state index in [-0.39, 0.29) is 11.9 Å². The molecule has 24 heavy (non-hydrogen) atoms. The summed E-state index contributed by atoms with van der Waals surface area (Å²) in [6.07, 6.45) is 1.58. The standard InChI is InChI=1S/C19H25N3O2/c1-13-6-5-7-17(14(13)2)15(3)22-18-9-8-16(12-21-18)19(23)20-10-11-24-4/h5-9,12,15H,10-11H2,1-4H3,(H,20,23)(H,21,22). The minimum absolute atomic E-state index is 0.138. The summed E-state index contributed by atoms with van der Waals surface area (Å²) in [7, 11) is 1.60. The maximum Gasteiger partial charge on any atom is 0.252 e. The molecule has 5 nitrogen and oxygen atoms in total. The average Bonchev–Trinajstić information content (AvgIpc) is 2.58. The van der Waals surface area contributed by atoms with Gasteiger partial charge in [0.1, 0.15) is 5.82 Å². The monoisotopic (exact) mass is 327 g/mol. The van der Waals surface area contributed by atoms with Crippen molar-refractivity contribution in [2.45, 2.75) is 26.8 Å². The quantitative estimate of drug-likeness (QED) is 0.766. The van der Waals surface area contributed by atoms with Crippen LogP contribution in [-0.4, -0.2) is 31.2 Å². The molecule has 1 aromatic carbocycles. The van der Waals surface area contributed by atoms with E-state index in [1.165, 1.54) is 16.7 Å². The number of aromatic nitrogens is 1. The first kappa shape index (κ1) is 17.9. The molecule has 0 fully saturated rings. The summed E-state index contributed by atoms with van der Waals surface area (Å²) in [4.78, 5) is 16.3. The Bertz CT molecular complexity index is 684. The third kappa shape index (κ3) is 4.55. The fourth-order valence-electron chi connectivity index (χ4n) is 2.52. The van der Waals surface area contributed by atoms with Gasteiger partial charge in [-0.3, -0.25) is 4.79 Å². The molecule has 0 spiro atoms. The van der Waals surface area contributed by atoms with Gasteiger partial charge in [-0.25, -0.2) is 4.98 Å². The molecule has 1 aromatic heterocycles. The average molecular weight is 327 g/mol. The number of anilines is 1. The third-order valence-corrected chi connectivity index (χ3v) is 4.09. The van der Waals surface area contributed by atoms with Crippen molar-refractivity contribution in [1.29, 1.82) is 0 Å². The molecular formula is C19H25N3O2. The predicted molar refractivity (Wildman–Crippen MR) is 96.4 cm³/mol. The largest absolute Gasteiger partial charge is 0.383 e. The number of hydrogen-bond acceptors (Lipinski definition) is 4. The van der Waals surface area contributed by atoms with Crippen molar-refractivity contribution in [2.75, 3.05) is 25.6 Å². The zero-order valence-electron chi connectivity index (χ0n) is 14.7. The number of amides is 1. The van der Waals surface area contributed by atoms with E-state index < -0.39 is 0 Å². The summed E-state index contributed by atoms with van der Waals surface area (Å²) in [5, 5.41) is 6.16. The fourth-order valence-corrected chi connectivity index (χ4v) is 2.52. The van der Waals surface area contributed by atoms with Crippen molar-refractivity contribution in [3.8, 4) is 0 Å². The molecule has 0 aliphatic carbocycles. The van der Waals surface area contributed by atoms with Crippen LogP contribution in [0.1, 0.15) is 40.0 Å². The van der Waals surface area contributed by atoms with E-state index in [4.69, 9.17) is 4.74 Å². The van der Waals surface area contributed by atoms with Crippen LogP contribution < -0.4 is 10.6 Å². The Morgan fingerprint density at radius 3 is 2.71 bits per heavy atom. The van der Waals surface area contributed by atoms with Gasteiger partial charge in [-0.1, -0.05) is 18.2 Å². The number of nitrogens with one attached hydrogen (secondary N) is 2. The third-order valence-electron chi connectivity index (χ3n) is 4.09.